The summed E-state index contributed by atoms with van der Waals surface area (Å²) in [5.74, 6) is -0.416. The zero-order valence-electron chi connectivity index (χ0n) is 64.1. The van der Waals surface area contributed by atoms with E-state index in [1.54, 1.807) is 0 Å². The number of esters is 4. The summed E-state index contributed by atoms with van der Waals surface area (Å²) in [4.78, 5) is 72.9. The van der Waals surface area contributed by atoms with Gasteiger partial charge in [-0.25, -0.2) is 9.13 Å². The van der Waals surface area contributed by atoms with Gasteiger partial charge in [0, 0.05) is 25.7 Å². The predicted molar refractivity (Wildman–Crippen MR) is 400 cm³/mol. The van der Waals surface area contributed by atoms with Gasteiger partial charge in [-0.05, 0) is 37.5 Å². The van der Waals surface area contributed by atoms with Crippen molar-refractivity contribution < 1.29 is 80.2 Å². The van der Waals surface area contributed by atoms with Gasteiger partial charge in [-0.15, -0.1) is 0 Å². The van der Waals surface area contributed by atoms with E-state index in [1.807, 2.05) is 0 Å². The van der Waals surface area contributed by atoms with Crippen LogP contribution in [0.25, 0.3) is 0 Å². The van der Waals surface area contributed by atoms with Gasteiger partial charge in [-0.1, -0.05) is 363 Å². The van der Waals surface area contributed by atoms with Crippen LogP contribution in [0.5, 0.6) is 0 Å². The van der Waals surface area contributed by atoms with E-state index in [1.165, 1.54) is 225 Å². The summed E-state index contributed by atoms with van der Waals surface area (Å²) < 4.78 is 68.6. The first-order chi connectivity index (χ1) is 47.4. The molecule has 17 nitrogen and oxygen atoms in total. The second-order valence-corrected chi connectivity index (χ2v) is 31.8. The van der Waals surface area contributed by atoms with Crippen LogP contribution in [0, 0.1) is 11.8 Å². The third-order valence-electron chi connectivity index (χ3n) is 19.2. The number of phosphoric acid groups is 2. The molecule has 0 rings (SSSR count). The average Bonchev–Trinajstić information content (AvgIpc) is 1.12. The predicted octanol–water partition coefficient (Wildman–Crippen LogP) is 23.5. The number of hydrogen-bond donors (Lipinski definition) is 3. The van der Waals surface area contributed by atoms with Gasteiger partial charge in [0.25, 0.3) is 0 Å². The summed E-state index contributed by atoms with van der Waals surface area (Å²) in [6.45, 7) is 9.71. The quantitative estimate of drug-likeness (QED) is 0.0222. The highest BCUT2D eigenvalue weighted by Gasteiger charge is 2.30. The molecule has 0 aromatic rings. The minimum absolute atomic E-state index is 0.108. The summed E-state index contributed by atoms with van der Waals surface area (Å²) in [5.41, 5.74) is 0. The van der Waals surface area contributed by atoms with Crippen molar-refractivity contribution in [1.29, 1.82) is 0 Å². The zero-order valence-corrected chi connectivity index (χ0v) is 65.9. The van der Waals surface area contributed by atoms with Crippen molar-refractivity contribution in [2.45, 2.75) is 432 Å². The highest BCUT2D eigenvalue weighted by Crippen LogP contribution is 2.45. The maximum absolute atomic E-state index is 13.1. The van der Waals surface area contributed by atoms with Crippen LogP contribution in [0.15, 0.2) is 0 Å². The molecule has 0 aromatic heterocycles. The van der Waals surface area contributed by atoms with Crippen LogP contribution in [0.2, 0.25) is 0 Å². The number of hydrogen-bond acceptors (Lipinski definition) is 15. The second-order valence-electron chi connectivity index (χ2n) is 28.9. The molecule has 0 heterocycles. The number of ether oxygens (including phenoxy) is 4. The van der Waals surface area contributed by atoms with Crippen molar-refractivity contribution in [3.8, 4) is 0 Å². The van der Waals surface area contributed by atoms with E-state index in [0.29, 0.717) is 25.7 Å². The van der Waals surface area contributed by atoms with E-state index in [4.69, 9.17) is 37.0 Å². The Bertz CT molecular complexity index is 1890. The average molecular weight is 1440 g/mol. The molecule has 0 saturated carbocycles. The van der Waals surface area contributed by atoms with Gasteiger partial charge >= 0.3 is 39.5 Å². The number of phosphoric ester groups is 2. The van der Waals surface area contributed by atoms with E-state index in [2.05, 4.69) is 41.5 Å². The SMILES string of the molecule is CCCCCCCCCCCCCCCCC(=O)O[C@H](COC(=O)CCCCCCCCCC)COP(=O)(O)OC[C@H](O)COP(=O)(O)OC[C@@H](COC(=O)CCCCCCCCCCCCCCCCC(C)CC)OC(=O)CCCCCCCCCCCCCCCCC(C)CC. The molecule has 0 aromatic carbocycles. The molecule has 0 aliphatic carbocycles. The minimum atomic E-state index is -4.96. The molecule has 98 heavy (non-hydrogen) atoms. The molecule has 0 radical (unpaired) electrons. The highest BCUT2D eigenvalue weighted by molar-refractivity contribution is 7.47. The van der Waals surface area contributed by atoms with Crippen LogP contribution in [0.4, 0.5) is 0 Å². The Balaban J connectivity index is 5.21. The lowest BCUT2D eigenvalue weighted by atomic mass is 9.99. The standard InChI is InChI=1S/C79H154O17P2/c1-7-11-13-15-17-19-20-21-28-34-39-45-51-57-63-78(83)95-74(67-89-76(81)61-55-49-43-18-16-14-12-8-2)69-93-97(85,86)91-65-73(80)66-92-98(87,88)94-70-75(96-79(84)64-58-52-46-40-35-30-25-23-27-32-37-42-48-54-60-72(6)10-4)68-90-77(82)62-56-50-44-38-33-29-24-22-26-31-36-41-47-53-59-71(5)9-3/h71-75,80H,7-70H2,1-6H3,(H,85,86)(H,87,88)/t71?,72?,73-,74+,75+/m0/s1. The molecule has 0 fully saturated rings. The van der Waals surface area contributed by atoms with Gasteiger partial charge in [0.15, 0.2) is 12.2 Å². The summed E-state index contributed by atoms with van der Waals surface area (Å²) in [6.07, 6.45) is 59.5. The number of unbranched alkanes of at least 4 members (excludes halogenated alkanes) is 46. The van der Waals surface area contributed by atoms with Gasteiger partial charge in [-0.3, -0.25) is 37.3 Å². The zero-order chi connectivity index (χ0) is 72.1. The van der Waals surface area contributed by atoms with Gasteiger partial charge in [0.05, 0.1) is 26.4 Å². The number of carbonyl (C=O) groups is 4. The first-order valence-corrected chi connectivity index (χ1v) is 44.1. The van der Waals surface area contributed by atoms with Crippen LogP contribution in [0.3, 0.4) is 0 Å². The van der Waals surface area contributed by atoms with Crippen molar-refractivity contribution in [2.75, 3.05) is 39.6 Å². The Morgan fingerprint density at radius 3 is 0.724 bits per heavy atom. The molecular weight excluding hydrogens is 1280 g/mol. The smallest absolute Gasteiger partial charge is 0.462 e. The number of aliphatic hydroxyl groups is 1. The summed E-state index contributed by atoms with van der Waals surface area (Å²) in [6, 6.07) is 0. The third-order valence-corrected chi connectivity index (χ3v) is 21.1. The van der Waals surface area contributed by atoms with Gasteiger partial charge in [0.1, 0.15) is 19.3 Å². The van der Waals surface area contributed by atoms with Crippen LogP contribution in [-0.2, 0) is 65.4 Å². The maximum atomic E-state index is 13.1. The van der Waals surface area contributed by atoms with Crippen molar-refractivity contribution in [2.24, 2.45) is 11.8 Å². The summed E-state index contributed by atoms with van der Waals surface area (Å²) in [7, 11) is -9.91. The summed E-state index contributed by atoms with van der Waals surface area (Å²) in [5, 5.41) is 10.6. The Kier molecular flexibility index (Phi) is 69.3. The number of carbonyl (C=O) groups excluding carboxylic acids is 4. The molecule has 0 amide bonds. The van der Waals surface area contributed by atoms with Crippen LogP contribution in [0.1, 0.15) is 414 Å². The van der Waals surface area contributed by atoms with E-state index in [-0.39, 0.29) is 25.7 Å². The number of rotatable bonds is 78. The Labute approximate surface area is 600 Å². The maximum Gasteiger partial charge on any atom is 0.472 e. The van der Waals surface area contributed by atoms with E-state index < -0.39 is 97.5 Å². The second kappa shape index (κ2) is 70.7. The van der Waals surface area contributed by atoms with Gasteiger partial charge in [0.2, 0.25) is 0 Å². The number of aliphatic hydroxyl groups excluding tert-OH is 1. The normalized spacial score (nSPS) is 14.5. The van der Waals surface area contributed by atoms with E-state index >= 15 is 0 Å². The topological polar surface area (TPSA) is 237 Å². The molecule has 0 spiro atoms. The molecule has 0 aliphatic rings. The minimum Gasteiger partial charge on any atom is -0.462 e. The van der Waals surface area contributed by atoms with E-state index in [9.17, 15) is 43.2 Å². The molecule has 7 atom stereocenters. The molecule has 0 bridgehead atoms. The fraction of sp³-hybridized carbons (Fsp3) is 0.949. The molecular formula is C79H154O17P2. The van der Waals surface area contributed by atoms with Crippen molar-refractivity contribution >= 4 is 39.5 Å². The highest BCUT2D eigenvalue weighted by atomic mass is 31.2. The lowest BCUT2D eigenvalue weighted by Crippen LogP contribution is -2.30. The van der Waals surface area contributed by atoms with Gasteiger partial charge < -0.3 is 33.8 Å². The fourth-order valence-electron chi connectivity index (χ4n) is 12.1. The molecule has 3 N–H and O–H groups in total. The van der Waals surface area contributed by atoms with Crippen molar-refractivity contribution in [1.82, 2.24) is 0 Å². The monoisotopic (exact) mass is 1440 g/mol. The van der Waals surface area contributed by atoms with Crippen LogP contribution in [-0.4, -0.2) is 96.7 Å². The Morgan fingerprint density at radius 1 is 0.286 bits per heavy atom. The van der Waals surface area contributed by atoms with Crippen LogP contribution < -0.4 is 0 Å². The largest absolute Gasteiger partial charge is 0.472 e. The first kappa shape index (κ1) is 96.1. The van der Waals surface area contributed by atoms with Crippen molar-refractivity contribution in [3.05, 3.63) is 0 Å². The van der Waals surface area contributed by atoms with Crippen LogP contribution >= 0.6 is 15.6 Å². The first-order valence-electron chi connectivity index (χ1n) is 41.1. The lowest BCUT2D eigenvalue weighted by molar-refractivity contribution is -0.161. The lowest BCUT2D eigenvalue weighted by Gasteiger charge is -2.21. The molecule has 19 heteroatoms. The molecule has 0 aliphatic heterocycles. The fourth-order valence-corrected chi connectivity index (χ4v) is 13.7. The third kappa shape index (κ3) is 69.8. The molecule has 582 valence electrons. The molecule has 4 unspecified atom stereocenters. The van der Waals surface area contributed by atoms with Crippen molar-refractivity contribution in [3.63, 3.8) is 0 Å². The van der Waals surface area contributed by atoms with Gasteiger partial charge in [-0.2, -0.15) is 0 Å². The molecule has 0 saturated heterocycles. The van der Waals surface area contributed by atoms with E-state index in [0.717, 1.165) is 108 Å². The Morgan fingerprint density at radius 2 is 0.490 bits per heavy atom. The summed E-state index contributed by atoms with van der Waals surface area (Å²) >= 11 is 0. The Hall–Kier alpha value is -1.94.